The maximum absolute atomic E-state index is 5.44. The molecule has 0 bridgehead atoms. The second-order valence-electron chi connectivity index (χ2n) is 5.76. The van der Waals surface area contributed by atoms with E-state index < -0.39 is 0 Å². The van der Waals surface area contributed by atoms with E-state index in [0.29, 0.717) is 0 Å². The summed E-state index contributed by atoms with van der Waals surface area (Å²) in [6.45, 7) is 4.36. The van der Waals surface area contributed by atoms with E-state index in [1.807, 2.05) is 30.3 Å². The van der Waals surface area contributed by atoms with Gasteiger partial charge < -0.3 is 10.1 Å². The van der Waals surface area contributed by atoms with Crippen molar-refractivity contribution < 1.29 is 4.74 Å². The van der Waals surface area contributed by atoms with Gasteiger partial charge in [-0.1, -0.05) is 38.1 Å². The molecule has 4 nitrogen and oxygen atoms in total. The maximum Gasteiger partial charge on any atom is 0.134 e. The molecule has 0 aliphatic rings. The molecule has 4 heteroatoms. The van der Waals surface area contributed by atoms with E-state index in [0.717, 1.165) is 41.4 Å². The van der Waals surface area contributed by atoms with Crippen LogP contribution < -0.4 is 10.1 Å². The topological polar surface area (TPSA) is 47.0 Å². The van der Waals surface area contributed by atoms with Crippen molar-refractivity contribution >= 4 is 11.5 Å². The number of nitrogens with zero attached hydrogens (tertiary/aromatic N) is 2. The summed E-state index contributed by atoms with van der Waals surface area (Å²) < 4.78 is 5.44. The highest BCUT2D eigenvalue weighted by Crippen LogP contribution is 2.30. The third kappa shape index (κ3) is 3.63. The van der Waals surface area contributed by atoms with Crippen LogP contribution in [-0.2, 0) is 12.8 Å². The van der Waals surface area contributed by atoms with E-state index in [1.165, 1.54) is 11.1 Å². The molecular formula is C21H23N3O. The highest BCUT2D eigenvalue weighted by Gasteiger charge is 2.10. The second kappa shape index (κ2) is 7.79. The van der Waals surface area contributed by atoms with Crippen LogP contribution in [0, 0.1) is 0 Å². The quantitative estimate of drug-likeness (QED) is 0.688. The lowest BCUT2D eigenvalue weighted by molar-refractivity contribution is 0.416. The van der Waals surface area contributed by atoms with Crippen molar-refractivity contribution in [1.29, 1.82) is 0 Å². The summed E-state index contributed by atoms with van der Waals surface area (Å²) >= 11 is 0. The molecule has 0 fully saturated rings. The first-order chi connectivity index (χ1) is 12.3. The largest absolute Gasteiger partial charge is 0.496 e. The van der Waals surface area contributed by atoms with E-state index in [-0.39, 0.29) is 0 Å². The molecule has 128 valence electrons. The van der Waals surface area contributed by atoms with E-state index >= 15 is 0 Å². The van der Waals surface area contributed by atoms with Crippen LogP contribution in [0.25, 0.3) is 11.3 Å². The van der Waals surface area contributed by atoms with Gasteiger partial charge in [0.2, 0.25) is 0 Å². The lowest BCUT2D eigenvalue weighted by Gasteiger charge is -2.14. The van der Waals surface area contributed by atoms with Gasteiger partial charge in [0.05, 0.1) is 12.8 Å². The molecule has 25 heavy (non-hydrogen) atoms. The average molecular weight is 333 g/mol. The van der Waals surface area contributed by atoms with Gasteiger partial charge in [-0.15, -0.1) is 0 Å². The highest BCUT2D eigenvalue weighted by atomic mass is 16.5. The molecule has 0 amide bonds. The normalized spacial score (nSPS) is 10.5. The molecule has 0 atom stereocenters. The molecule has 0 aliphatic carbocycles. The minimum atomic E-state index is 0.777. The highest BCUT2D eigenvalue weighted by molar-refractivity contribution is 5.71. The summed E-state index contributed by atoms with van der Waals surface area (Å²) in [5, 5.41) is 3.45. The summed E-state index contributed by atoms with van der Waals surface area (Å²) in [7, 11) is 1.67. The van der Waals surface area contributed by atoms with Crippen molar-refractivity contribution in [2.45, 2.75) is 26.7 Å². The fraction of sp³-hybridized carbons (Fsp3) is 0.238. The van der Waals surface area contributed by atoms with Crippen LogP contribution in [0.4, 0.5) is 11.5 Å². The second-order valence-corrected chi connectivity index (χ2v) is 5.76. The lowest BCUT2D eigenvalue weighted by atomic mass is 10.0. The summed E-state index contributed by atoms with van der Waals surface area (Å²) in [5.41, 5.74) is 5.59. The van der Waals surface area contributed by atoms with Crippen molar-refractivity contribution in [1.82, 2.24) is 9.97 Å². The number of anilines is 2. The minimum absolute atomic E-state index is 0.777. The average Bonchev–Trinajstić information content (AvgIpc) is 2.68. The van der Waals surface area contributed by atoms with Crippen molar-refractivity contribution in [3.05, 3.63) is 66.0 Å². The zero-order valence-electron chi connectivity index (χ0n) is 14.9. The van der Waals surface area contributed by atoms with Gasteiger partial charge in [-0.2, -0.15) is 0 Å². The molecule has 3 rings (SSSR count). The fourth-order valence-electron chi connectivity index (χ4n) is 3.07. The van der Waals surface area contributed by atoms with Gasteiger partial charge in [0.1, 0.15) is 17.9 Å². The number of aryl methyl sites for hydroxylation is 1. The van der Waals surface area contributed by atoms with Crippen LogP contribution >= 0.6 is 0 Å². The Hall–Kier alpha value is -2.88. The van der Waals surface area contributed by atoms with Crippen molar-refractivity contribution in [2.75, 3.05) is 12.4 Å². The Balaban J connectivity index is 1.96. The summed E-state index contributed by atoms with van der Waals surface area (Å²) in [4.78, 5) is 8.79. The number of ether oxygens (including phenoxy) is 1. The number of hydrogen-bond donors (Lipinski definition) is 1. The van der Waals surface area contributed by atoms with Gasteiger partial charge in [-0.25, -0.2) is 9.97 Å². The van der Waals surface area contributed by atoms with Crippen molar-refractivity contribution in [2.24, 2.45) is 0 Å². The van der Waals surface area contributed by atoms with Gasteiger partial charge in [0.15, 0.2) is 0 Å². The Morgan fingerprint density at radius 3 is 2.56 bits per heavy atom. The van der Waals surface area contributed by atoms with Gasteiger partial charge in [0.25, 0.3) is 0 Å². The number of hydrogen-bond acceptors (Lipinski definition) is 4. The summed E-state index contributed by atoms with van der Waals surface area (Å²) in [5.74, 6) is 1.58. The number of aromatic nitrogens is 2. The zero-order valence-corrected chi connectivity index (χ0v) is 14.9. The van der Waals surface area contributed by atoms with Crippen LogP contribution in [0.5, 0.6) is 5.75 Å². The Morgan fingerprint density at radius 2 is 1.80 bits per heavy atom. The molecule has 0 saturated carbocycles. The van der Waals surface area contributed by atoms with Crippen molar-refractivity contribution in [3.63, 3.8) is 0 Å². The predicted octanol–water partition coefficient (Wildman–Crippen LogP) is 5.02. The van der Waals surface area contributed by atoms with Crippen LogP contribution in [0.15, 0.2) is 54.9 Å². The predicted molar refractivity (Wildman–Crippen MR) is 103 cm³/mol. The lowest BCUT2D eigenvalue weighted by Crippen LogP contribution is -2.01. The molecule has 1 heterocycles. The molecule has 0 unspecified atom stereocenters. The van der Waals surface area contributed by atoms with Gasteiger partial charge in [-0.3, -0.25) is 0 Å². The standard InChI is InChI=1S/C21H23N3O/c1-4-15-9-8-11-18(16(15)5-2)24-21-13-19(22-14-23-21)17-10-6-7-12-20(17)25-3/h6-14H,4-5H2,1-3H3,(H,22,23,24). The van der Waals surface area contributed by atoms with Gasteiger partial charge >= 0.3 is 0 Å². The Kier molecular flexibility index (Phi) is 5.29. The Bertz CT molecular complexity index is 861. The number of para-hydroxylation sites is 1. The van der Waals surface area contributed by atoms with Crippen LogP contribution in [-0.4, -0.2) is 17.1 Å². The third-order valence-corrected chi connectivity index (χ3v) is 4.32. The monoisotopic (exact) mass is 333 g/mol. The molecule has 0 radical (unpaired) electrons. The molecule has 3 aromatic rings. The maximum atomic E-state index is 5.44. The van der Waals surface area contributed by atoms with E-state index in [9.17, 15) is 0 Å². The zero-order chi connectivity index (χ0) is 17.6. The summed E-state index contributed by atoms with van der Waals surface area (Å²) in [6, 6.07) is 16.2. The van der Waals surface area contributed by atoms with E-state index in [2.05, 4.69) is 47.3 Å². The Morgan fingerprint density at radius 1 is 0.960 bits per heavy atom. The van der Waals surface area contributed by atoms with Crippen molar-refractivity contribution in [3.8, 4) is 17.0 Å². The Labute approximate surface area is 148 Å². The molecule has 0 spiro atoms. The summed E-state index contributed by atoms with van der Waals surface area (Å²) in [6.07, 6.45) is 3.59. The molecule has 0 saturated heterocycles. The number of rotatable bonds is 6. The fourth-order valence-corrected chi connectivity index (χ4v) is 3.07. The first-order valence-corrected chi connectivity index (χ1v) is 8.60. The van der Waals surface area contributed by atoms with E-state index in [1.54, 1.807) is 13.4 Å². The van der Waals surface area contributed by atoms with Gasteiger partial charge in [-0.05, 0) is 42.2 Å². The minimum Gasteiger partial charge on any atom is -0.496 e. The number of benzene rings is 2. The molecule has 2 aromatic carbocycles. The first-order valence-electron chi connectivity index (χ1n) is 8.60. The van der Waals surface area contributed by atoms with Crippen LogP contribution in [0.3, 0.4) is 0 Å². The molecule has 1 N–H and O–H groups in total. The van der Waals surface area contributed by atoms with Crippen LogP contribution in [0.1, 0.15) is 25.0 Å². The van der Waals surface area contributed by atoms with Crippen LogP contribution in [0.2, 0.25) is 0 Å². The number of methoxy groups -OCH3 is 1. The van der Waals surface area contributed by atoms with E-state index in [4.69, 9.17) is 4.74 Å². The first kappa shape index (κ1) is 17.0. The molecular weight excluding hydrogens is 310 g/mol. The van der Waals surface area contributed by atoms with Gasteiger partial charge in [0, 0.05) is 17.3 Å². The smallest absolute Gasteiger partial charge is 0.134 e. The molecule has 0 aliphatic heterocycles. The molecule has 1 aromatic heterocycles. The third-order valence-electron chi connectivity index (χ3n) is 4.32. The number of nitrogens with one attached hydrogen (secondary N) is 1. The SMILES string of the molecule is CCc1cccc(Nc2cc(-c3ccccc3OC)ncn2)c1CC.